The summed E-state index contributed by atoms with van der Waals surface area (Å²) < 4.78 is 49.2. The first-order valence-corrected chi connectivity index (χ1v) is 32.1. The van der Waals surface area contributed by atoms with Crippen molar-refractivity contribution in [3.63, 3.8) is 0 Å². The lowest BCUT2D eigenvalue weighted by Gasteiger charge is -2.49. The number of fused-ring (bicyclic) bond motifs is 6. The van der Waals surface area contributed by atoms with Gasteiger partial charge in [-0.2, -0.15) is 0 Å². The number of hydrogen-bond donors (Lipinski definition) is 13. The smallest absolute Gasteiger partial charge is 0.316 e. The van der Waals surface area contributed by atoms with Crippen LogP contribution in [-0.4, -0.2) is 258 Å². The number of aliphatic hydroxyl groups excluding tert-OH is 7. The molecule has 31 nitrogen and oxygen atoms in total. The first-order valence-electron chi connectivity index (χ1n) is 30.1. The topological polar surface area (TPSA) is 442 Å². The van der Waals surface area contributed by atoms with Crippen LogP contribution in [0.15, 0.2) is 48.5 Å². The van der Waals surface area contributed by atoms with Gasteiger partial charge in [0.05, 0.1) is 49.7 Å². The first-order chi connectivity index (χ1) is 43.6. The number of aromatic nitrogens is 3. The molecule has 90 heavy (non-hydrogen) atoms. The van der Waals surface area contributed by atoms with Crippen LogP contribution < -0.4 is 26.2 Å². The predicted octanol–water partition coefficient (Wildman–Crippen LogP) is -3.21. The van der Waals surface area contributed by atoms with Crippen LogP contribution in [0.2, 0.25) is 1.41 Å². The monoisotopic (exact) mass is 1310 g/mol. The average molecular weight is 1310 g/mol. The Morgan fingerprint density at radius 3 is 2.21 bits per heavy atom. The van der Waals surface area contributed by atoms with Crippen LogP contribution in [0.3, 0.4) is 0 Å². The second-order valence-corrected chi connectivity index (χ2v) is 25.5. The number of carbonyl (C=O) groups is 7. The molecule has 0 radical (unpaired) electrons. The Balaban J connectivity index is 0.679. The summed E-state index contributed by atoms with van der Waals surface area (Å²) in [7, 11) is 2.89. The molecule has 2 aromatic carbocycles. The summed E-state index contributed by atoms with van der Waals surface area (Å²) in [6.45, 7) is 2.47. The molecule has 1 aromatic heterocycles. The SMILES string of the molecule is [3H]n1nnc2c1-c1ccccc1CN(C(=O)CCC(=O)NCCOCCC(=O)NC[C@H]1O[C@@H]3O[C@H]4[C@H](O)[C@@H](O)[C@@H](OCCCO[C@H]1[C@H](O)[C@H]3O)O[C@@H]4CNC(=O)CCC(C)SSCCC(C)C(=O)OC[C@@H]1[C@@H](O)[C@H](O)[C@H](O)[C@@]3(O)NC(=O)C(=O)N13)c1ccccc1-2. The van der Waals surface area contributed by atoms with Crippen molar-refractivity contribution in [1.82, 2.24) is 41.6 Å². The van der Waals surface area contributed by atoms with Gasteiger partial charge in [-0.05, 0) is 30.9 Å². The van der Waals surface area contributed by atoms with E-state index in [1.54, 1.807) is 24.0 Å². The second-order valence-electron chi connectivity index (χ2n) is 22.6. The highest BCUT2D eigenvalue weighted by Gasteiger charge is 2.65. The van der Waals surface area contributed by atoms with Crippen LogP contribution in [0.4, 0.5) is 5.69 Å². The summed E-state index contributed by atoms with van der Waals surface area (Å²) >= 11 is 0. The minimum atomic E-state index is -2.71. The largest absolute Gasteiger partial charge is 0.463 e. The van der Waals surface area contributed by atoms with Crippen molar-refractivity contribution < 1.29 is 109 Å². The van der Waals surface area contributed by atoms with Crippen LogP contribution in [0.25, 0.3) is 22.5 Å². The zero-order valence-corrected chi connectivity index (χ0v) is 50.9. The second kappa shape index (κ2) is 31.1. The van der Waals surface area contributed by atoms with Gasteiger partial charge in [0.25, 0.3) is 5.85 Å². The normalized spacial score (nSPS) is 30.6. The van der Waals surface area contributed by atoms with E-state index in [0.717, 1.165) is 10.7 Å². The summed E-state index contributed by atoms with van der Waals surface area (Å²) in [5.41, 5.74) is 3.64. The summed E-state index contributed by atoms with van der Waals surface area (Å²) in [6.07, 6.45) is -20.1. The first kappa shape index (κ1) is 66.9. The standard InChI is InChI=1S/C57H77N9O22S2/c1-28(54(80)85-27-34-43(71)46(74)51(77)57(81)61-52(78)53(79)66(34)57)17-23-89-90-29(2)12-13-38(68)59-25-36-50-45(73)47(75)55(86-36)84-20-7-19-83-49-35(87-56(88-50)48(76)44(49)72)24-60-39(69)16-21-82-22-18-58-37(67)14-15-40(70)65-26-30-8-3-4-9-31(30)41-42(63-64-62-41)32-10-5-6-11-33(32)65/h3-6,8-11,28-29,34-36,43-51,55-56,71-77,81H,7,12-27H2,1-2H3,(H,58,67)(H,59,68)(H,60,69)(H,61,78)(H,62,63,64)/t28?,29?,34-,35-,36-,43-,44-,45-,46+,47-,48-,49-,50-,51+,55+,56-,57-/m1/s1/i/hT. The molecule has 17 atom stereocenters. The number of H-pyrrole nitrogens is 1. The maximum atomic E-state index is 13.8. The zero-order valence-electron chi connectivity index (χ0n) is 50.2. The highest BCUT2D eigenvalue weighted by molar-refractivity contribution is 8.76. The summed E-state index contributed by atoms with van der Waals surface area (Å²) in [5, 5.41) is 106. The average Bonchev–Trinajstić information content (AvgIpc) is 1.63. The van der Waals surface area contributed by atoms with E-state index in [4.69, 9.17) is 34.6 Å². The molecule has 494 valence electrons. The van der Waals surface area contributed by atoms with E-state index < -0.39 is 134 Å². The number of nitrogens with one attached hydrogen (secondary N) is 5. The van der Waals surface area contributed by atoms with Crippen molar-refractivity contribution in [3.8, 4) is 22.5 Å². The molecule has 8 saturated heterocycles. The maximum absolute atomic E-state index is 13.8. The number of esters is 1. The minimum absolute atomic E-state index is 0.0402. The van der Waals surface area contributed by atoms with Gasteiger partial charge in [0.1, 0.15) is 73.3 Å². The number of amides is 6. The fraction of sp³-hybridized carbons (Fsp3) is 0.632. The van der Waals surface area contributed by atoms with Gasteiger partial charge in [-0.15, -0.1) is 5.10 Å². The fourth-order valence-electron chi connectivity index (χ4n) is 11.2. The van der Waals surface area contributed by atoms with E-state index in [0.29, 0.717) is 51.7 Å². The van der Waals surface area contributed by atoms with E-state index in [-0.39, 0.29) is 102 Å². The van der Waals surface area contributed by atoms with E-state index in [9.17, 15) is 74.4 Å². The molecule has 12 rings (SSSR count). The third-order valence-electron chi connectivity index (χ3n) is 16.3. The van der Waals surface area contributed by atoms with E-state index in [2.05, 4.69) is 26.3 Å². The Hall–Kier alpha value is -5.99. The van der Waals surface area contributed by atoms with Gasteiger partial charge in [0, 0.05) is 74.1 Å². The van der Waals surface area contributed by atoms with Crippen molar-refractivity contribution >= 4 is 68.7 Å². The van der Waals surface area contributed by atoms with Gasteiger partial charge in [0.2, 0.25) is 23.6 Å². The van der Waals surface area contributed by atoms with Crippen LogP contribution in [0.5, 0.6) is 0 Å². The van der Waals surface area contributed by atoms with Crippen LogP contribution in [0, 0.1) is 5.92 Å². The van der Waals surface area contributed by atoms with E-state index in [1.165, 1.54) is 21.6 Å². The molecule has 4 bridgehead atoms. The van der Waals surface area contributed by atoms with E-state index >= 15 is 0 Å². The molecule has 8 fully saturated rings. The molecule has 13 N–H and O–H groups in total. The quantitative estimate of drug-likeness (QED) is 0.0182. The number of ether oxygens (including phenoxy) is 7. The Kier molecular flexibility index (Phi) is 23.1. The van der Waals surface area contributed by atoms with Gasteiger partial charge in [0.15, 0.2) is 20.1 Å². The minimum Gasteiger partial charge on any atom is -0.463 e. The van der Waals surface area contributed by atoms with Crippen molar-refractivity contribution in [3.05, 3.63) is 54.1 Å². The zero-order chi connectivity index (χ0) is 65.3. The number of aliphatic hydroxyl groups is 8. The predicted molar refractivity (Wildman–Crippen MR) is 314 cm³/mol. The van der Waals surface area contributed by atoms with E-state index in [1.807, 2.05) is 48.6 Å². The van der Waals surface area contributed by atoms with Gasteiger partial charge in [-0.1, -0.05) is 83.1 Å². The summed E-state index contributed by atoms with van der Waals surface area (Å²) in [4.78, 5) is 92.5. The van der Waals surface area contributed by atoms with Crippen molar-refractivity contribution in [2.75, 3.05) is 63.3 Å². The Morgan fingerprint density at radius 1 is 0.767 bits per heavy atom. The Bertz CT molecular complexity index is 3070. The molecule has 0 saturated carbocycles. The van der Waals surface area contributed by atoms with Gasteiger partial charge >= 0.3 is 17.8 Å². The lowest BCUT2D eigenvalue weighted by molar-refractivity contribution is -0.359. The van der Waals surface area contributed by atoms with Crippen LogP contribution >= 0.6 is 21.6 Å². The number of anilines is 1. The number of piperidine rings is 1. The molecule has 9 aliphatic rings. The third-order valence-corrected chi connectivity index (χ3v) is 19.3. The molecule has 0 aliphatic carbocycles. The van der Waals surface area contributed by atoms with Crippen LogP contribution in [-0.2, 0) is 73.3 Å². The molecule has 33 heteroatoms. The molecule has 9 aliphatic heterocycles. The maximum Gasteiger partial charge on any atom is 0.316 e. The van der Waals surface area contributed by atoms with Crippen molar-refractivity contribution in [2.45, 2.75) is 162 Å². The highest BCUT2D eigenvalue weighted by Crippen LogP contribution is 2.41. The molecular weight excluding hydrogens is 1230 g/mol. The highest BCUT2D eigenvalue weighted by atomic mass is 33.1. The van der Waals surface area contributed by atoms with Crippen molar-refractivity contribution in [1.29, 1.82) is 0 Å². The summed E-state index contributed by atoms with van der Waals surface area (Å²) in [6, 6.07) is 13.0. The van der Waals surface area contributed by atoms with Crippen molar-refractivity contribution in [2.24, 2.45) is 5.92 Å². The molecule has 3 aromatic rings. The molecule has 6 amide bonds. The number of benzene rings is 2. The molecular formula is C57H77N9O22S2. The number of carbonyl (C=O) groups excluding carboxylic acids is 7. The van der Waals surface area contributed by atoms with Gasteiger partial charge in [-0.3, -0.25) is 48.9 Å². The number of hydrogen-bond acceptors (Lipinski definition) is 26. The number of rotatable bonds is 24. The molecule has 0 spiro atoms. The number of para-hydroxylation sites is 1. The molecule has 10 heterocycles. The Labute approximate surface area is 525 Å². The fourth-order valence-corrected chi connectivity index (χ4v) is 13.7. The Morgan fingerprint density at radius 2 is 1.43 bits per heavy atom. The third kappa shape index (κ3) is 15.9. The van der Waals surface area contributed by atoms with Gasteiger partial charge in [-0.25, -0.2) is 0 Å². The lowest BCUT2D eigenvalue weighted by atomic mass is 9.90. The number of aromatic amines is 1. The lowest BCUT2D eigenvalue weighted by Crippen LogP contribution is -2.75. The number of nitrogens with zero attached hydrogens (tertiary/aromatic N) is 4. The molecule has 2 unspecified atom stereocenters. The summed E-state index contributed by atoms with van der Waals surface area (Å²) in [5.74, 6) is -7.81. The van der Waals surface area contributed by atoms with Gasteiger partial charge < -0.3 is 94.9 Å². The van der Waals surface area contributed by atoms with Crippen LogP contribution in [0.1, 0.15) is 64.4 Å².